The Bertz CT molecular complexity index is 1360. The van der Waals surface area contributed by atoms with E-state index < -0.39 is 0 Å². The molecule has 152 valence electrons. The fourth-order valence-electron chi connectivity index (χ4n) is 3.31. The van der Waals surface area contributed by atoms with Gasteiger partial charge in [-0.2, -0.15) is 0 Å². The van der Waals surface area contributed by atoms with E-state index in [0.29, 0.717) is 16.1 Å². The highest BCUT2D eigenvalue weighted by Gasteiger charge is 2.27. The van der Waals surface area contributed by atoms with Crippen molar-refractivity contribution in [1.29, 1.82) is 0 Å². The highest BCUT2D eigenvalue weighted by Crippen LogP contribution is 2.39. The fourth-order valence-corrected chi connectivity index (χ4v) is 5.12. The lowest BCUT2D eigenvalue weighted by molar-refractivity contribution is -0.114. The van der Waals surface area contributed by atoms with Crippen LogP contribution in [0.4, 0.5) is 0 Å². The van der Waals surface area contributed by atoms with Crippen LogP contribution in [0, 0.1) is 13.8 Å². The van der Waals surface area contributed by atoms with Gasteiger partial charge in [0.05, 0.1) is 16.7 Å². The van der Waals surface area contributed by atoms with Crippen LogP contribution in [0.5, 0.6) is 0 Å². The summed E-state index contributed by atoms with van der Waals surface area (Å²) in [6, 6.07) is 7.84. The van der Waals surface area contributed by atoms with Crippen LogP contribution in [-0.2, 0) is 4.79 Å². The molecule has 1 aliphatic rings. The number of rotatable bonds is 5. The van der Waals surface area contributed by atoms with Gasteiger partial charge in [0.1, 0.15) is 22.0 Å². The normalized spacial score (nSPS) is 13.8. The summed E-state index contributed by atoms with van der Waals surface area (Å²) >= 11 is 2.84. The van der Waals surface area contributed by atoms with Gasteiger partial charge in [0.2, 0.25) is 5.91 Å². The molecule has 30 heavy (non-hydrogen) atoms. The topological polar surface area (TPSA) is 89.8 Å². The number of nitrogens with zero attached hydrogens (tertiary/aromatic N) is 4. The van der Waals surface area contributed by atoms with Gasteiger partial charge in [-0.05, 0) is 38.3 Å². The van der Waals surface area contributed by atoms with E-state index >= 15 is 0 Å². The van der Waals surface area contributed by atoms with Crippen LogP contribution in [0.2, 0.25) is 0 Å². The summed E-state index contributed by atoms with van der Waals surface area (Å²) in [6.45, 7) is 3.86. The van der Waals surface area contributed by atoms with Crippen LogP contribution in [0.1, 0.15) is 35.0 Å². The molecule has 5 rings (SSSR count). The zero-order valence-electron chi connectivity index (χ0n) is 16.5. The average molecular weight is 438 g/mol. The number of aryl methyl sites for hydroxylation is 2. The molecule has 1 fully saturated rings. The van der Waals surface area contributed by atoms with Gasteiger partial charge in [0.25, 0.3) is 5.56 Å². The van der Waals surface area contributed by atoms with Crippen LogP contribution in [0.25, 0.3) is 21.1 Å². The lowest BCUT2D eigenvalue weighted by atomic mass is 10.2. The molecule has 1 aliphatic carbocycles. The van der Waals surface area contributed by atoms with Crippen LogP contribution in [0.15, 0.2) is 40.4 Å². The van der Waals surface area contributed by atoms with Crippen molar-refractivity contribution < 1.29 is 4.79 Å². The molecule has 1 amide bonds. The van der Waals surface area contributed by atoms with E-state index in [1.807, 2.05) is 38.1 Å². The molecular formula is C21H19N5O2S2. The molecule has 0 aliphatic heterocycles. The Morgan fingerprint density at radius 2 is 2.07 bits per heavy atom. The van der Waals surface area contributed by atoms with Gasteiger partial charge in [0.15, 0.2) is 0 Å². The van der Waals surface area contributed by atoms with Crippen LogP contribution in [-0.4, -0.2) is 31.3 Å². The van der Waals surface area contributed by atoms with E-state index in [9.17, 15) is 9.59 Å². The van der Waals surface area contributed by atoms with Gasteiger partial charge in [-0.25, -0.2) is 19.6 Å². The van der Waals surface area contributed by atoms with Crippen LogP contribution in [0.3, 0.4) is 0 Å². The van der Waals surface area contributed by atoms with Crippen molar-refractivity contribution in [3.8, 4) is 0 Å². The summed E-state index contributed by atoms with van der Waals surface area (Å²) in [5, 5.41) is 2.29. The number of fused-ring (bicyclic) bond motifs is 2. The van der Waals surface area contributed by atoms with Gasteiger partial charge in [0, 0.05) is 16.2 Å². The molecule has 0 radical (unpaired) electrons. The van der Waals surface area contributed by atoms with Gasteiger partial charge < -0.3 is 0 Å². The molecule has 7 nitrogen and oxygen atoms in total. The number of hydrogen-bond donors (Lipinski definition) is 1. The molecule has 1 N–H and O–H groups in total. The second-order valence-electron chi connectivity index (χ2n) is 7.39. The Morgan fingerprint density at radius 3 is 2.87 bits per heavy atom. The predicted molar refractivity (Wildman–Crippen MR) is 120 cm³/mol. The maximum Gasteiger partial charge on any atom is 0.281 e. The third-order valence-corrected chi connectivity index (χ3v) is 7.31. The number of amides is 1. The van der Waals surface area contributed by atoms with Crippen molar-refractivity contribution in [2.45, 2.75) is 37.6 Å². The quantitative estimate of drug-likeness (QED) is 0.378. The molecule has 0 atom stereocenters. The van der Waals surface area contributed by atoms with Crippen molar-refractivity contribution in [3.05, 3.63) is 57.2 Å². The first-order valence-corrected chi connectivity index (χ1v) is 11.5. The van der Waals surface area contributed by atoms with Gasteiger partial charge in [-0.15, -0.1) is 11.3 Å². The van der Waals surface area contributed by atoms with Gasteiger partial charge >= 0.3 is 0 Å². The molecule has 0 bridgehead atoms. The number of para-hydroxylation sites is 1. The predicted octanol–water partition coefficient (Wildman–Crippen LogP) is 3.76. The Morgan fingerprint density at radius 1 is 1.27 bits per heavy atom. The molecule has 0 spiro atoms. The van der Waals surface area contributed by atoms with E-state index in [4.69, 9.17) is 4.98 Å². The summed E-state index contributed by atoms with van der Waals surface area (Å²) in [5.74, 6) is 1.13. The fraction of sp³-hybridized carbons (Fsp3) is 0.286. The third-order valence-electron chi connectivity index (χ3n) is 5.20. The molecule has 3 aromatic heterocycles. The van der Waals surface area contributed by atoms with Crippen molar-refractivity contribution in [1.82, 2.24) is 19.6 Å². The lowest BCUT2D eigenvalue weighted by Crippen LogP contribution is -2.34. The highest BCUT2D eigenvalue weighted by molar-refractivity contribution is 8.00. The monoisotopic (exact) mass is 437 g/mol. The Kier molecular flexibility index (Phi) is 4.79. The number of nitrogens with one attached hydrogen (secondary N) is 1. The van der Waals surface area contributed by atoms with Crippen molar-refractivity contribution in [2.75, 3.05) is 11.2 Å². The van der Waals surface area contributed by atoms with Crippen molar-refractivity contribution in [2.24, 2.45) is 0 Å². The minimum absolute atomic E-state index is 0.136. The smallest absolute Gasteiger partial charge is 0.272 e. The van der Waals surface area contributed by atoms with Gasteiger partial charge in [-0.3, -0.25) is 15.0 Å². The number of hydrogen-bond acceptors (Lipinski definition) is 7. The second-order valence-corrected chi connectivity index (χ2v) is 9.55. The summed E-state index contributed by atoms with van der Waals surface area (Å²) in [6.07, 6.45) is 3.60. The molecule has 0 saturated heterocycles. The summed E-state index contributed by atoms with van der Waals surface area (Å²) in [4.78, 5) is 40.8. The van der Waals surface area contributed by atoms with Crippen LogP contribution >= 0.6 is 23.1 Å². The number of benzene rings is 1. The van der Waals surface area contributed by atoms with Crippen LogP contribution < -0.4 is 11.0 Å². The maximum absolute atomic E-state index is 12.8. The molecule has 9 heteroatoms. The zero-order valence-corrected chi connectivity index (χ0v) is 18.1. The van der Waals surface area contributed by atoms with E-state index in [0.717, 1.165) is 49.7 Å². The SMILES string of the molecule is Cc1sc2ncn(NC(=O)CSc3nc(C4CC4)nc4ccccc34)c(=O)c2c1C. The molecular weight excluding hydrogens is 418 g/mol. The number of carbonyl (C=O) groups is 1. The molecule has 1 aromatic carbocycles. The summed E-state index contributed by atoms with van der Waals surface area (Å²) < 4.78 is 1.16. The first-order valence-electron chi connectivity index (χ1n) is 9.68. The second kappa shape index (κ2) is 7.48. The lowest BCUT2D eigenvalue weighted by Gasteiger charge is -2.09. The minimum Gasteiger partial charge on any atom is -0.272 e. The van der Waals surface area contributed by atoms with Gasteiger partial charge in [-0.1, -0.05) is 30.0 Å². The first-order chi connectivity index (χ1) is 14.5. The largest absolute Gasteiger partial charge is 0.281 e. The van der Waals surface area contributed by atoms with E-state index in [1.165, 1.54) is 29.4 Å². The van der Waals surface area contributed by atoms with Crippen molar-refractivity contribution >= 4 is 50.1 Å². The number of thioether (sulfide) groups is 1. The molecule has 3 heterocycles. The zero-order chi connectivity index (χ0) is 20.8. The Labute approximate surface area is 180 Å². The van der Waals surface area contributed by atoms with Crippen molar-refractivity contribution in [3.63, 3.8) is 0 Å². The summed E-state index contributed by atoms with van der Waals surface area (Å²) in [5.41, 5.74) is 4.19. The molecule has 0 unspecified atom stereocenters. The number of thiophene rings is 1. The number of carbonyl (C=O) groups excluding carboxylic acids is 1. The molecule has 1 saturated carbocycles. The number of aromatic nitrogens is 4. The Balaban J connectivity index is 1.37. The summed E-state index contributed by atoms with van der Waals surface area (Å²) in [7, 11) is 0. The highest BCUT2D eigenvalue weighted by atomic mass is 32.2. The van der Waals surface area contributed by atoms with E-state index in [1.54, 1.807) is 0 Å². The molecule has 4 aromatic rings. The average Bonchev–Trinajstić information content (AvgIpc) is 3.54. The maximum atomic E-state index is 12.8. The minimum atomic E-state index is -0.288. The third kappa shape index (κ3) is 3.48. The first kappa shape index (κ1) is 19.2. The standard InChI is InChI=1S/C21H19N5O2S2/c1-11-12(2)30-20-17(11)21(28)26(10-22-20)25-16(27)9-29-19-14-5-3-4-6-15(14)23-18(24-19)13-7-8-13/h3-6,10,13H,7-9H2,1-2H3,(H,25,27). The Hall–Kier alpha value is -2.78. The van der Waals surface area contributed by atoms with E-state index in [2.05, 4.69) is 15.4 Å². The van der Waals surface area contributed by atoms with E-state index in [-0.39, 0.29) is 17.2 Å².